The van der Waals surface area contributed by atoms with Gasteiger partial charge in [0.2, 0.25) is 10.0 Å². The van der Waals surface area contributed by atoms with Crippen molar-refractivity contribution in [1.82, 2.24) is 20.2 Å². The van der Waals surface area contributed by atoms with Crippen LogP contribution >= 0.6 is 0 Å². The van der Waals surface area contributed by atoms with Gasteiger partial charge >= 0.3 is 6.18 Å². The Bertz CT molecular complexity index is 1690. The molecule has 5 N–H and O–H groups in total. The number of aromatic hydroxyl groups is 1. The maximum Gasteiger partial charge on any atom is 0.393 e. The summed E-state index contributed by atoms with van der Waals surface area (Å²) in [6.45, 7) is -0.0746. The largest absolute Gasteiger partial charge is 0.508 e. The van der Waals surface area contributed by atoms with Gasteiger partial charge in [-0.2, -0.15) is 18.3 Å². The Morgan fingerprint density at radius 3 is 2.54 bits per heavy atom. The number of anilines is 2. The Balaban J connectivity index is 1.87. The van der Waals surface area contributed by atoms with Crippen LogP contribution in [0.5, 0.6) is 5.75 Å². The second-order valence-corrected chi connectivity index (χ2v) is 10.5. The lowest BCUT2D eigenvalue weighted by molar-refractivity contribution is -0.127. The molecule has 16 heteroatoms. The van der Waals surface area contributed by atoms with Crippen LogP contribution in [0.3, 0.4) is 0 Å². The number of aromatic nitrogens is 4. The monoisotopic (exact) mass is 567 g/mol. The fourth-order valence-corrected chi connectivity index (χ4v) is 4.42. The van der Waals surface area contributed by atoms with Crippen LogP contribution in [-0.2, 0) is 23.0 Å². The van der Waals surface area contributed by atoms with Crippen molar-refractivity contribution in [2.75, 3.05) is 22.9 Å². The topological polar surface area (TPSA) is 167 Å². The smallest absolute Gasteiger partial charge is 0.393 e. The molecule has 0 aliphatic rings. The number of nitrogens with one attached hydrogen (secondary N) is 2. The highest BCUT2D eigenvalue weighted by Gasteiger charge is 2.32. The predicted octanol–water partition coefficient (Wildman–Crippen LogP) is 3.08. The number of nitrogens with zero attached hydrogens (tertiary/aromatic N) is 4. The van der Waals surface area contributed by atoms with E-state index in [4.69, 9.17) is 5.73 Å². The minimum absolute atomic E-state index is 0.00167. The number of alkyl halides is 3. The molecule has 0 bridgehead atoms. The summed E-state index contributed by atoms with van der Waals surface area (Å²) in [4.78, 5) is 20.3. The second-order valence-electron chi connectivity index (χ2n) is 8.51. The summed E-state index contributed by atoms with van der Waals surface area (Å²) in [6.07, 6.45) is -5.33. The molecule has 0 radical (unpaired) electrons. The van der Waals surface area contributed by atoms with Crippen LogP contribution in [0.25, 0.3) is 22.4 Å². The zero-order chi connectivity index (χ0) is 28.7. The molecule has 2 aromatic carbocycles. The van der Waals surface area contributed by atoms with E-state index in [9.17, 15) is 35.9 Å². The van der Waals surface area contributed by atoms with Crippen LogP contribution in [0.4, 0.5) is 29.1 Å². The van der Waals surface area contributed by atoms with Gasteiger partial charge in [-0.1, -0.05) is 18.2 Å². The Morgan fingerprint density at radius 2 is 1.90 bits per heavy atom. The van der Waals surface area contributed by atoms with E-state index in [0.29, 0.717) is 17.3 Å². The van der Waals surface area contributed by atoms with Gasteiger partial charge in [-0.15, -0.1) is 0 Å². The van der Waals surface area contributed by atoms with Crippen molar-refractivity contribution >= 4 is 38.5 Å². The number of sulfonamides is 1. The number of benzene rings is 2. The van der Waals surface area contributed by atoms with E-state index in [0.717, 1.165) is 16.6 Å². The lowest BCUT2D eigenvalue weighted by Crippen LogP contribution is -2.26. The number of hydrogen-bond acceptors (Lipinski definition) is 8. The molecule has 0 aliphatic heterocycles. The van der Waals surface area contributed by atoms with E-state index in [1.807, 2.05) is 0 Å². The van der Waals surface area contributed by atoms with Crippen LogP contribution in [0, 0.1) is 5.82 Å². The first-order chi connectivity index (χ1) is 18.2. The predicted molar refractivity (Wildman–Crippen MR) is 134 cm³/mol. The molecule has 2 aromatic heterocycles. The van der Waals surface area contributed by atoms with Gasteiger partial charge in [0, 0.05) is 30.8 Å². The van der Waals surface area contributed by atoms with E-state index < -0.39 is 57.0 Å². The zero-order valence-electron chi connectivity index (χ0n) is 20.3. The molecule has 0 fully saturated rings. The number of fused-ring (bicyclic) bond motifs is 1. The molecule has 0 saturated carbocycles. The molecule has 0 atom stereocenters. The number of rotatable bonds is 8. The summed E-state index contributed by atoms with van der Waals surface area (Å²) in [6, 6.07) is 7.75. The molecule has 39 heavy (non-hydrogen) atoms. The van der Waals surface area contributed by atoms with E-state index >= 15 is 0 Å². The first kappa shape index (κ1) is 27.6. The number of halogens is 4. The highest BCUT2D eigenvalue weighted by Crippen LogP contribution is 2.36. The number of hydrogen-bond donors (Lipinski definition) is 4. The van der Waals surface area contributed by atoms with Gasteiger partial charge in [-0.25, -0.2) is 22.8 Å². The van der Waals surface area contributed by atoms with Gasteiger partial charge in [0.05, 0.1) is 23.8 Å². The third-order valence-corrected chi connectivity index (χ3v) is 6.94. The molecule has 0 aliphatic carbocycles. The Morgan fingerprint density at radius 1 is 1.21 bits per heavy atom. The number of aromatic amines is 1. The zero-order valence-corrected chi connectivity index (χ0v) is 21.2. The van der Waals surface area contributed by atoms with Gasteiger partial charge in [0.25, 0.3) is 5.91 Å². The fourth-order valence-electron chi connectivity index (χ4n) is 3.88. The summed E-state index contributed by atoms with van der Waals surface area (Å²) in [5.41, 5.74) is 4.71. The van der Waals surface area contributed by atoms with Crippen molar-refractivity contribution in [1.29, 1.82) is 0 Å². The molecule has 1 amide bonds. The third kappa shape index (κ3) is 5.84. The van der Waals surface area contributed by atoms with Gasteiger partial charge in [0.15, 0.2) is 11.5 Å². The van der Waals surface area contributed by atoms with E-state index in [2.05, 4.69) is 25.5 Å². The van der Waals surface area contributed by atoms with E-state index in [1.54, 1.807) is 24.3 Å². The lowest BCUT2D eigenvalue weighted by Gasteiger charge is -2.20. The minimum Gasteiger partial charge on any atom is -0.508 e. The molecule has 206 valence electrons. The number of para-hydroxylation sites is 1. The van der Waals surface area contributed by atoms with E-state index in [-0.39, 0.29) is 29.1 Å². The summed E-state index contributed by atoms with van der Waals surface area (Å²) >= 11 is 0. The molecule has 0 saturated heterocycles. The van der Waals surface area contributed by atoms with Crippen molar-refractivity contribution in [2.45, 2.75) is 19.1 Å². The number of phenolic OH excluding ortho intramolecular Hbond substituents is 1. The molecule has 0 spiro atoms. The van der Waals surface area contributed by atoms with Crippen molar-refractivity contribution in [3.63, 3.8) is 0 Å². The normalized spacial score (nSPS) is 12.1. The highest BCUT2D eigenvalue weighted by molar-refractivity contribution is 7.92. The van der Waals surface area contributed by atoms with E-state index in [1.165, 1.54) is 7.05 Å². The third-order valence-electron chi connectivity index (χ3n) is 5.74. The van der Waals surface area contributed by atoms with Crippen molar-refractivity contribution in [2.24, 2.45) is 5.73 Å². The lowest BCUT2D eigenvalue weighted by atomic mass is 10.0. The van der Waals surface area contributed by atoms with Crippen LogP contribution in [0.2, 0.25) is 0 Å². The highest BCUT2D eigenvalue weighted by atomic mass is 32.2. The average Bonchev–Trinajstić information content (AvgIpc) is 3.27. The Hall–Kier alpha value is -4.47. The van der Waals surface area contributed by atoms with Crippen LogP contribution in [0.15, 0.2) is 36.4 Å². The fraction of sp³-hybridized carbons (Fsp3) is 0.217. The quantitative estimate of drug-likeness (QED) is 0.236. The minimum atomic E-state index is -4.75. The molecule has 2 heterocycles. The van der Waals surface area contributed by atoms with Crippen LogP contribution in [-0.4, -0.2) is 59.1 Å². The molecule has 0 unspecified atom stereocenters. The Kier molecular flexibility index (Phi) is 7.08. The van der Waals surface area contributed by atoms with Crippen molar-refractivity contribution < 1.29 is 35.9 Å². The second kappa shape index (κ2) is 10.0. The summed E-state index contributed by atoms with van der Waals surface area (Å²) in [5.74, 6) is -3.46. The number of primary amides is 1. The SMILES string of the molecule is CN(c1ccccc1CNc1nc(-c2cc(F)cc(O)c2CC(F)(F)F)nc2n[nH]c(C(N)=O)c12)S(C)(=O)=O. The van der Waals surface area contributed by atoms with Crippen LogP contribution < -0.4 is 15.4 Å². The van der Waals surface area contributed by atoms with Gasteiger partial charge < -0.3 is 16.2 Å². The van der Waals surface area contributed by atoms with Crippen molar-refractivity contribution in [3.05, 3.63) is 59.0 Å². The molecular weight excluding hydrogens is 546 g/mol. The number of H-pyrrole nitrogens is 1. The molecule has 4 aromatic rings. The average molecular weight is 568 g/mol. The summed E-state index contributed by atoms with van der Waals surface area (Å²) in [5, 5.41) is 19.3. The number of carbonyl (C=O) groups is 1. The molecule has 11 nitrogen and oxygen atoms in total. The number of amides is 1. The van der Waals surface area contributed by atoms with Gasteiger partial charge in [0.1, 0.15) is 23.1 Å². The first-order valence-electron chi connectivity index (χ1n) is 11.1. The Labute approximate surface area is 218 Å². The molecular formula is C23H21F4N7O4S. The molecule has 4 rings (SSSR count). The summed E-state index contributed by atoms with van der Waals surface area (Å²) in [7, 11) is -2.27. The van der Waals surface area contributed by atoms with Gasteiger partial charge in [-0.05, 0) is 17.7 Å². The number of nitrogens with two attached hydrogens (primary N) is 1. The number of phenols is 1. The van der Waals surface area contributed by atoms with Crippen molar-refractivity contribution in [3.8, 4) is 17.1 Å². The first-order valence-corrected chi connectivity index (χ1v) is 12.9. The maximum atomic E-state index is 14.2. The maximum absolute atomic E-state index is 14.2. The standard InChI is InChI=1S/C23H21F4N7O4S/c1-34(39(2,37)38)15-6-4-3-5-11(15)10-29-21-17-18(19(28)36)32-33-22(17)31-20(30-21)13-7-12(24)8-16(35)14(13)9-23(25,26)27/h3-8,35H,9-10H2,1-2H3,(H2,28,36)(H2,29,30,31,32,33). The van der Waals surface area contributed by atoms with Gasteiger partial charge in [-0.3, -0.25) is 14.2 Å². The summed E-state index contributed by atoms with van der Waals surface area (Å²) < 4.78 is 79.2. The number of carbonyl (C=O) groups excluding carboxylic acids is 1. The van der Waals surface area contributed by atoms with Crippen LogP contribution in [0.1, 0.15) is 21.6 Å².